The fourth-order valence-corrected chi connectivity index (χ4v) is 2.04. The number of rotatable bonds is 8. The minimum Gasteiger partial charge on any atom is -0.456 e. The standard InChI is InChI=1S/C19H28N2O4/c1-5-11-20-16(22)13-25-17(23)10-12-21-18(24)14-6-8-15(9-7-14)19(2,3)4/h6-9H,5,10-13H2,1-4H3,(H,20,22)(H,21,24). The van der Waals surface area contributed by atoms with Gasteiger partial charge in [-0.15, -0.1) is 0 Å². The molecule has 1 aromatic rings. The van der Waals surface area contributed by atoms with Crippen molar-refractivity contribution in [2.45, 2.75) is 46.0 Å². The molecule has 0 saturated carbocycles. The summed E-state index contributed by atoms with van der Waals surface area (Å²) in [4.78, 5) is 34.9. The summed E-state index contributed by atoms with van der Waals surface area (Å²) in [6, 6.07) is 7.40. The number of hydrogen-bond acceptors (Lipinski definition) is 4. The molecule has 0 saturated heterocycles. The lowest BCUT2D eigenvalue weighted by Gasteiger charge is -2.19. The van der Waals surface area contributed by atoms with Crippen LogP contribution < -0.4 is 10.6 Å². The van der Waals surface area contributed by atoms with Crippen molar-refractivity contribution in [3.05, 3.63) is 35.4 Å². The molecule has 1 aromatic carbocycles. The average Bonchev–Trinajstić information content (AvgIpc) is 2.57. The summed E-state index contributed by atoms with van der Waals surface area (Å²) in [6.07, 6.45) is 0.843. The summed E-state index contributed by atoms with van der Waals surface area (Å²) < 4.78 is 4.84. The van der Waals surface area contributed by atoms with E-state index >= 15 is 0 Å². The topological polar surface area (TPSA) is 84.5 Å². The van der Waals surface area contributed by atoms with E-state index in [9.17, 15) is 14.4 Å². The van der Waals surface area contributed by atoms with Crippen LogP contribution in [0.2, 0.25) is 0 Å². The first kappa shape index (κ1) is 20.7. The Balaban J connectivity index is 2.32. The van der Waals surface area contributed by atoms with Crippen molar-refractivity contribution in [3.8, 4) is 0 Å². The Morgan fingerprint density at radius 1 is 1.00 bits per heavy atom. The van der Waals surface area contributed by atoms with E-state index < -0.39 is 5.97 Å². The van der Waals surface area contributed by atoms with Crippen molar-refractivity contribution in [1.82, 2.24) is 10.6 Å². The molecule has 0 aliphatic heterocycles. The lowest BCUT2D eigenvalue weighted by atomic mass is 9.87. The average molecular weight is 348 g/mol. The van der Waals surface area contributed by atoms with Crippen LogP contribution in [0.3, 0.4) is 0 Å². The van der Waals surface area contributed by atoms with Crippen LogP contribution in [0.25, 0.3) is 0 Å². The molecule has 0 aliphatic rings. The minimum absolute atomic E-state index is 0.0207. The summed E-state index contributed by atoms with van der Waals surface area (Å²) in [5, 5.41) is 5.28. The van der Waals surface area contributed by atoms with Gasteiger partial charge in [0, 0.05) is 18.7 Å². The van der Waals surface area contributed by atoms with Gasteiger partial charge in [-0.2, -0.15) is 0 Å². The summed E-state index contributed by atoms with van der Waals surface area (Å²) in [6.45, 7) is 8.69. The number of hydrogen-bond donors (Lipinski definition) is 2. The number of benzene rings is 1. The number of carbonyl (C=O) groups excluding carboxylic acids is 3. The lowest BCUT2D eigenvalue weighted by molar-refractivity contribution is -0.148. The highest BCUT2D eigenvalue weighted by atomic mass is 16.5. The lowest BCUT2D eigenvalue weighted by Crippen LogP contribution is -2.30. The third-order valence-corrected chi connectivity index (χ3v) is 3.56. The first-order valence-electron chi connectivity index (χ1n) is 8.55. The Bertz CT molecular complexity index is 588. The highest BCUT2D eigenvalue weighted by Gasteiger charge is 2.14. The van der Waals surface area contributed by atoms with Crippen LogP contribution in [0.1, 0.15) is 56.5 Å². The first-order valence-corrected chi connectivity index (χ1v) is 8.55. The minimum atomic E-state index is -0.518. The highest BCUT2D eigenvalue weighted by molar-refractivity contribution is 5.94. The van der Waals surface area contributed by atoms with Crippen LogP contribution in [-0.4, -0.2) is 37.5 Å². The van der Waals surface area contributed by atoms with Gasteiger partial charge in [0.15, 0.2) is 6.61 Å². The van der Waals surface area contributed by atoms with Gasteiger partial charge in [0.1, 0.15) is 0 Å². The molecule has 0 heterocycles. The second-order valence-corrected chi connectivity index (χ2v) is 6.84. The maximum absolute atomic E-state index is 12.0. The summed E-state index contributed by atoms with van der Waals surface area (Å²) in [5.41, 5.74) is 1.72. The Morgan fingerprint density at radius 3 is 2.20 bits per heavy atom. The normalized spacial score (nSPS) is 10.9. The molecule has 0 spiro atoms. The smallest absolute Gasteiger partial charge is 0.308 e. The van der Waals surface area contributed by atoms with E-state index in [0.29, 0.717) is 12.1 Å². The Morgan fingerprint density at radius 2 is 1.64 bits per heavy atom. The van der Waals surface area contributed by atoms with Crippen molar-refractivity contribution in [2.24, 2.45) is 0 Å². The Hall–Kier alpha value is -2.37. The van der Waals surface area contributed by atoms with Crippen LogP contribution in [0.15, 0.2) is 24.3 Å². The highest BCUT2D eigenvalue weighted by Crippen LogP contribution is 2.22. The summed E-state index contributed by atoms with van der Waals surface area (Å²) in [5.74, 6) is -1.08. The molecule has 0 radical (unpaired) electrons. The molecule has 2 amide bonds. The first-order chi connectivity index (χ1) is 11.7. The SMILES string of the molecule is CCCNC(=O)COC(=O)CCNC(=O)c1ccc(C(C)(C)C)cc1. The molecule has 0 unspecified atom stereocenters. The Labute approximate surface area is 149 Å². The summed E-state index contributed by atoms with van der Waals surface area (Å²) >= 11 is 0. The number of amides is 2. The Kier molecular flexibility index (Phi) is 8.11. The zero-order chi connectivity index (χ0) is 18.9. The predicted molar refractivity (Wildman–Crippen MR) is 96.4 cm³/mol. The molecule has 1 rings (SSSR count). The molecule has 0 bridgehead atoms. The van der Waals surface area contributed by atoms with Crippen molar-refractivity contribution >= 4 is 17.8 Å². The molecule has 6 nitrogen and oxygen atoms in total. The molecule has 0 aromatic heterocycles. The zero-order valence-electron chi connectivity index (χ0n) is 15.5. The second kappa shape index (κ2) is 9.81. The van der Waals surface area contributed by atoms with Gasteiger partial charge in [0.05, 0.1) is 6.42 Å². The van der Waals surface area contributed by atoms with E-state index in [1.54, 1.807) is 12.1 Å². The molecular weight excluding hydrogens is 320 g/mol. The molecule has 25 heavy (non-hydrogen) atoms. The predicted octanol–water partition coefficient (Wildman–Crippen LogP) is 2.17. The van der Waals surface area contributed by atoms with Crippen LogP contribution in [0.5, 0.6) is 0 Å². The quantitative estimate of drug-likeness (QED) is 0.705. The molecule has 0 atom stereocenters. The van der Waals surface area contributed by atoms with E-state index in [1.165, 1.54) is 0 Å². The monoisotopic (exact) mass is 348 g/mol. The van der Waals surface area contributed by atoms with E-state index in [-0.39, 0.29) is 36.8 Å². The van der Waals surface area contributed by atoms with E-state index in [0.717, 1.165) is 12.0 Å². The van der Waals surface area contributed by atoms with Crippen LogP contribution in [-0.2, 0) is 19.7 Å². The fourth-order valence-electron chi connectivity index (χ4n) is 2.04. The summed E-state index contributed by atoms with van der Waals surface area (Å²) in [7, 11) is 0. The zero-order valence-corrected chi connectivity index (χ0v) is 15.5. The van der Waals surface area contributed by atoms with E-state index in [1.807, 2.05) is 19.1 Å². The van der Waals surface area contributed by atoms with Gasteiger partial charge in [-0.3, -0.25) is 14.4 Å². The van der Waals surface area contributed by atoms with Crippen molar-refractivity contribution in [1.29, 1.82) is 0 Å². The molecule has 6 heteroatoms. The van der Waals surface area contributed by atoms with Gasteiger partial charge < -0.3 is 15.4 Å². The van der Waals surface area contributed by atoms with Gasteiger partial charge in [0.25, 0.3) is 11.8 Å². The molecule has 138 valence electrons. The van der Waals surface area contributed by atoms with Gasteiger partial charge in [0.2, 0.25) is 0 Å². The molecule has 0 fully saturated rings. The van der Waals surface area contributed by atoms with Crippen LogP contribution >= 0.6 is 0 Å². The maximum Gasteiger partial charge on any atom is 0.308 e. The molecule has 2 N–H and O–H groups in total. The van der Waals surface area contributed by atoms with E-state index in [4.69, 9.17) is 4.74 Å². The van der Waals surface area contributed by atoms with E-state index in [2.05, 4.69) is 31.4 Å². The molecule has 0 aliphatic carbocycles. The number of carbonyl (C=O) groups is 3. The third-order valence-electron chi connectivity index (χ3n) is 3.56. The molecular formula is C19H28N2O4. The van der Waals surface area contributed by atoms with Gasteiger partial charge in [-0.25, -0.2) is 0 Å². The number of esters is 1. The van der Waals surface area contributed by atoms with Crippen LogP contribution in [0, 0.1) is 0 Å². The van der Waals surface area contributed by atoms with Crippen molar-refractivity contribution in [3.63, 3.8) is 0 Å². The fraction of sp³-hybridized carbons (Fsp3) is 0.526. The van der Waals surface area contributed by atoms with Gasteiger partial charge in [-0.05, 0) is 29.5 Å². The largest absolute Gasteiger partial charge is 0.456 e. The van der Waals surface area contributed by atoms with Crippen molar-refractivity contribution < 1.29 is 19.1 Å². The second-order valence-electron chi connectivity index (χ2n) is 6.84. The number of ether oxygens (including phenoxy) is 1. The maximum atomic E-state index is 12.0. The number of nitrogens with one attached hydrogen (secondary N) is 2. The van der Waals surface area contributed by atoms with Gasteiger partial charge in [-0.1, -0.05) is 39.8 Å². The third kappa shape index (κ3) is 7.83. The van der Waals surface area contributed by atoms with Gasteiger partial charge >= 0.3 is 5.97 Å². The van der Waals surface area contributed by atoms with Crippen molar-refractivity contribution in [2.75, 3.05) is 19.7 Å². The van der Waals surface area contributed by atoms with Crippen LogP contribution in [0.4, 0.5) is 0 Å².